The minimum atomic E-state index is -0.556. The van der Waals surface area contributed by atoms with Crippen molar-refractivity contribution in [2.24, 2.45) is 0 Å². The molecule has 31 heavy (non-hydrogen) atoms. The van der Waals surface area contributed by atoms with Crippen LogP contribution in [-0.2, 0) is 11.3 Å². The fourth-order valence-electron chi connectivity index (χ4n) is 4.21. The van der Waals surface area contributed by atoms with Crippen molar-refractivity contribution in [1.29, 1.82) is 0 Å². The molecule has 1 N–H and O–H groups in total. The van der Waals surface area contributed by atoms with Crippen molar-refractivity contribution in [3.05, 3.63) is 94.4 Å². The maximum absolute atomic E-state index is 13.5. The van der Waals surface area contributed by atoms with Crippen LogP contribution in [0.1, 0.15) is 59.0 Å². The Morgan fingerprint density at radius 1 is 1.13 bits per heavy atom. The quantitative estimate of drug-likeness (QED) is 0.544. The third kappa shape index (κ3) is 4.37. The van der Waals surface area contributed by atoms with Gasteiger partial charge in [-0.25, -0.2) is 0 Å². The van der Waals surface area contributed by atoms with Gasteiger partial charge in [0.2, 0.25) is 5.91 Å². The van der Waals surface area contributed by atoms with Crippen LogP contribution in [0, 0.1) is 0 Å². The molecule has 1 aliphatic rings. The molecule has 0 bridgehead atoms. The zero-order chi connectivity index (χ0) is 21.8. The Morgan fingerprint density at radius 3 is 2.71 bits per heavy atom. The Kier molecular flexibility index (Phi) is 6.42. The van der Waals surface area contributed by atoms with E-state index in [1.165, 1.54) is 0 Å². The molecule has 0 spiro atoms. The van der Waals surface area contributed by atoms with E-state index in [0.29, 0.717) is 22.9 Å². The maximum atomic E-state index is 13.5. The highest BCUT2D eigenvalue weighted by Crippen LogP contribution is 2.43. The molecule has 6 heteroatoms. The van der Waals surface area contributed by atoms with E-state index in [4.69, 9.17) is 16.0 Å². The first-order valence-corrected chi connectivity index (χ1v) is 10.9. The number of carbonyl (C=O) groups is 2. The number of furan rings is 1. The summed E-state index contributed by atoms with van der Waals surface area (Å²) in [6.07, 6.45) is 3.38. The number of nitrogens with zero attached hydrogens (tertiary/aromatic N) is 1. The minimum Gasteiger partial charge on any atom is -0.467 e. The average Bonchev–Trinajstić information content (AvgIpc) is 3.30. The maximum Gasteiger partial charge on any atom is 0.254 e. The van der Waals surface area contributed by atoms with Crippen LogP contribution >= 0.6 is 11.6 Å². The molecule has 4 rings (SSSR count). The fraction of sp³-hybridized carbons (Fsp3) is 0.280. The van der Waals surface area contributed by atoms with Gasteiger partial charge in [0.15, 0.2) is 0 Å². The second-order valence-corrected chi connectivity index (χ2v) is 8.15. The SMILES string of the molecule is CCCCN1C(=O)c2ccccc2C(C(=O)NCc2ccco2)C1c1cccc(Cl)c1. The molecule has 0 fully saturated rings. The van der Waals surface area contributed by atoms with Crippen molar-refractivity contribution in [1.82, 2.24) is 10.2 Å². The van der Waals surface area contributed by atoms with Crippen molar-refractivity contribution in [3.63, 3.8) is 0 Å². The zero-order valence-corrected chi connectivity index (χ0v) is 18.1. The van der Waals surface area contributed by atoms with Crippen LogP contribution in [0.3, 0.4) is 0 Å². The van der Waals surface area contributed by atoms with Crippen LogP contribution in [0.5, 0.6) is 0 Å². The molecule has 0 aliphatic carbocycles. The second kappa shape index (κ2) is 9.40. The molecule has 2 unspecified atom stereocenters. The molecule has 160 valence electrons. The van der Waals surface area contributed by atoms with E-state index in [-0.39, 0.29) is 18.4 Å². The van der Waals surface area contributed by atoms with Gasteiger partial charge in [-0.15, -0.1) is 0 Å². The summed E-state index contributed by atoms with van der Waals surface area (Å²) in [5.41, 5.74) is 2.17. The van der Waals surface area contributed by atoms with Crippen molar-refractivity contribution >= 4 is 23.4 Å². The molecule has 2 heterocycles. The Balaban J connectivity index is 1.78. The van der Waals surface area contributed by atoms with Crippen LogP contribution in [-0.4, -0.2) is 23.3 Å². The summed E-state index contributed by atoms with van der Waals surface area (Å²) < 4.78 is 5.36. The van der Waals surface area contributed by atoms with Crippen molar-refractivity contribution < 1.29 is 14.0 Å². The minimum absolute atomic E-state index is 0.0517. The molecule has 2 amide bonds. The molecule has 2 aromatic carbocycles. The van der Waals surface area contributed by atoms with Gasteiger partial charge in [0.1, 0.15) is 5.76 Å². The fourth-order valence-corrected chi connectivity index (χ4v) is 4.41. The molecule has 0 saturated carbocycles. The van der Waals surface area contributed by atoms with Crippen molar-refractivity contribution in [3.8, 4) is 0 Å². The summed E-state index contributed by atoms with van der Waals surface area (Å²) >= 11 is 6.29. The van der Waals surface area contributed by atoms with E-state index in [9.17, 15) is 9.59 Å². The third-order valence-electron chi connectivity index (χ3n) is 5.68. The Bertz CT molecular complexity index is 1060. The average molecular weight is 437 g/mol. The number of amides is 2. The largest absolute Gasteiger partial charge is 0.467 e. The van der Waals surface area contributed by atoms with Crippen LogP contribution in [0.4, 0.5) is 0 Å². The predicted octanol–water partition coefficient (Wildman–Crippen LogP) is 5.33. The monoisotopic (exact) mass is 436 g/mol. The summed E-state index contributed by atoms with van der Waals surface area (Å²) in [6.45, 7) is 2.95. The molecule has 3 aromatic rings. The number of halogens is 1. The van der Waals surface area contributed by atoms with Crippen LogP contribution < -0.4 is 5.32 Å². The summed E-state index contributed by atoms with van der Waals surface area (Å²) in [7, 11) is 0. The number of rotatable bonds is 7. The smallest absolute Gasteiger partial charge is 0.254 e. The highest BCUT2D eigenvalue weighted by molar-refractivity contribution is 6.30. The molecular formula is C25H25ClN2O3. The van der Waals surface area contributed by atoms with Gasteiger partial charge in [0, 0.05) is 17.1 Å². The van der Waals surface area contributed by atoms with Gasteiger partial charge < -0.3 is 14.6 Å². The molecule has 2 atom stereocenters. The second-order valence-electron chi connectivity index (χ2n) is 7.71. The van der Waals surface area contributed by atoms with Gasteiger partial charge in [-0.1, -0.05) is 55.3 Å². The Morgan fingerprint density at radius 2 is 1.97 bits per heavy atom. The van der Waals surface area contributed by atoms with Crippen LogP contribution in [0.25, 0.3) is 0 Å². The topological polar surface area (TPSA) is 62.6 Å². The lowest BCUT2D eigenvalue weighted by Gasteiger charge is -2.42. The standard InChI is InChI=1S/C25H25ClN2O3/c1-2-3-13-28-23(17-8-6-9-18(26)15-17)22(20-11-4-5-12-21(20)25(28)30)24(29)27-16-19-10-7-14-31-19/h4-12,14-15,22-23H,2-3,13,16H2,1H3,(H,27,29). The highest BCUT2D eigenvalue weighted by Gasteiger charge is 2.43. The lowest BCUT2D eigenvalue weighted by atomic mass is 9.79. The molecule has 1 aliphatic heterocycles. The molecule has 1 aromatic heterocycles. The lowest BCUT2D eigenvalue weighted by molar-refractivity contribution is -0.124. The summed E-state index contributed by atoms with van der Waals surface area (Å²) in [5.74, 6) is -0.0817. The number of benzene rings is 2. The van der Waals surface area contributed by atoms with Gasteiger partial charge >= 0.3 is 0 Å². The highest BCUT2D eigenvalue weighted by atomic mass is 35.5. The van der Waals surface area contributed by atoms with Crippen molar-refractivity contribution in [2.45, 2.75) is 38.3 Å². The summed E-state index contributed by atoms with van der Waals surface area (Å²) in [5, 5.41) is 3.58. The number of hydrogen-bond acceptors (Lipinski definition) is 3. The predicted molar refractivity (Wildman–Crippen MR) is 120 cm³/mol. The van der Waals surface area contributed by atoms with E-state index < -0.39 is 12.0 Å². The normalized spacial score (nSPS) is 18.0. The first kappa shape index (κ1) is 21.2. The van der Waals surface area contributed by atoms with Crippen molar-refractivity contribution in [2.75, 3.05) is 6.54 Å². The number of hydrogen-bond donors (Lipinski definition) is 1. The van der Waals surface area contributed by atoms with Gasteiger partial charge in [-0.05, 0) is 47.9 Å². The van der Waals surface area contributed by atoms with E-state index in [2.05, 4.69) is 12.2 Å². The van der Waals surface area contributed by atoms with E-state index in [1.54, 1.807) is 24.5 Å². The first-order valence-electron chi connectivity index (χ1n) is 10.6. The number of nitrogens with one attached hydrogen (secondary N) is 1. The summed E-state index contributed by atoms with van der Waals surface area (Å²) in [4.78, 5) is 28.8. The van der Waals surface area contributed by atoms with Gasteiger partial charge in [0.25, 0.3) is 5.91 Å². The number of unbranched alkanes of at least 4 members (excludes halogenated alkanes) is 1. The van der Waals surface area contributed by atoms with Crippen LogP contribution in [0.15, 0.2) is 71.3 Å². The van der Waals surface area contributed by atoms with E-state index in [1.807, 2.05) is 47.4 Å². The van der Waals surface area contributed by atoms with E-state index >= 15 is 0 Å². The first-order chi connectivity index (χ1) is 15.1. The molecular weight excluding hydrogens is 412 g/mol. The third-order valence-corrected chi connectivity index (χ3v) is 5.92. The molecule has 0 radical (unpaired) electrons. The molecule has 5 nitrogen and oxygen atoms in total. The summed E-state index contributed by atoms with van der Waals surface area (Å²) in [6, 6.07) is 18.0. The zero-order valence-electron chi connectivity index (χ0n) is 17.4. The van der Waals surface area contributed by atoms with Crippen LogP contribution in [0.2, 0.25) is 5.02 Å². The van der Waals surface area contributed by atoms with Gasteiger partial charge in [-0.2, -0.15) is 0 Å². The molecule has 0 saturated heterocycles. The lowest BCUT2D eigenvalue weighted by Crippen LogP contribution is -2.47. The van der Waals surface area contributed by atoms with E-state index in [0.717, 1.165) is 24.0 Å². The number of carbonyl (C=O) groups excluding carboxylic acids is 2. The Labute approximate surface area is 187 Å². The Hall–Kier alpha value is -3.05. The van der Waals surface area contributed by atoms with Gasteiger partial charge in [0.05, 0.1) is 24.8 Å². The number of fused-ring (bicyclic) bond motifs is 1. The van der Waals surface area contributed by atoms with Gasteiger partial charge in [-0.3, -0.25) is 9.59 Å².